The van der Waals surface area contributed by atoms with Crippen molar-refractivity contribution in [2.24, 2.45) is 0 Å². The Kier molecular flexibility index (Phi) is 4.19. The molecule has 0 unspecified atom stereocenters. The molecule has 1 rings (SSSR count). The maximum absolute atomic E-state index is 12.6. The van der Waals surface area contributed by atoms with E-state index in [-0.39, 0.29) is 11.3 Å². The first-order valence-electron chi connectivity index (χ1n) is 3.53. The summed E-state index contributed by atoms with van der Waals surface area (Å²) in [6, 6.07) is 1.66. The zero-order valence-corrected chi connectivity index (χ0v) is 10.5. The van der Waals surface area contributed by atoms with Gasteiger partial charge in [0, 0.05) is 15.1 Å². The normalized spacial score (nSPS) is 10.3. The van der Waals surface area contributed by atoms with Gasteiger partial charge in [-0.05, 0) is 28.2 Å². The fraction of sp³-hybridized carbons (Fsp3) is 0.250. The van der Waals surface area contributed by atoms with E-state index in [2.05, 4.69) is 20.9 Å². The van der Waals surface area contributed by atoms with Crippen molar-refractivity contribution in [3.63, 3.8) is 0 Å². The number of halogens is 4. The minimum absolute atomic E-state index is 0.200. The first kappa shape index (κ1) is 11.8. The van der Waals surface area contributed by atoms with E-state index in [1.165, 1.54) is 6.20 Å². The van der Waals surface area contributed by atoms with Gasteiger partial charge in [-0.15, -0.1) is 0 Å². The van der Waals surface area contributed by atoms with Crippen LogP contribution in [0.4, 0.5) is 8.78 Å². The van der Waals surface area contributed by atoms with Crippen molar-refractivity contribution in [1.82, 2.24) is 4.98 Å². The van der Waals surface area contributed by atoms with E-state index >= 15 is 0 Å². The molecule has 0 aliphatic rings. The number of nitrogens with zero attached hydrogens (tertiary/aromatic N) is 2. The summed E-state index contributed by atoms with van der Waals surface area (Å²) in [5.74, 6) is 0. The molecule has 14 heavy (non-hydrogen) atoms. The van der Waals surface area contributed by atoms with Gasteiger partial charge in [0.1, 0.15) is 11.8 Å². The monoisotopic (exact) mass is 372 g/mol. The average Bonchev–Trinajstić information content (AvgIpc) is 2.16. The molecule has 0 fully saturated rings. The van der Waals surface area contributed by atoms with Crippen molar-refractivity contribution < 1.29 is 8.78 Å². The van der Waals surface area contributed by atoms with Crippen molar-refractivity contribution in [1.29, 1.82) is 5.26 Å². The van der Waals surface area contributed by atoms with E-state index in [1.54, 1.807) is 28.7 Å². The maximum atomic E-state index is 12.6. The Hall–Kier alpha value is -0.290. The summed E-state index contributed by atoms with van der Waals surface area (Å²) in [5, 5.41) is 9.04. The fourth-order valence-corrected chi connectivity index (χ4v) is 2.70. The van der Waals surface area contributed by atoms with Crippen LogP contribution < -0.4 is 0 Å². The van der Waals surface area contributed by atoms with Crippen molar-refractivity contribution in [2.75, 3.05) is 0 Å². The number of pyridine rings is 1. The van der Waals surface area contributed by atoms with Crippen LogP contribution in [0.25, 0.3) is 0 Å². The molecule has 0 aliphatic carbocycles. The molecule has 74 valence electrons. The molecule has 0 amide bonds. The third-order valence-electron chi connectivity index (χ3n) is 1.59. The zero-order valence-electron chi connectivity index (χ0n) is 6.77. The summed E-state index contributed by atoms with van der Waals surface area (Å²) >= 11 is 4.97. The summed E-state index contributed by atoms with van der Waals surface area (Å²) in [6.45, 7) is 0. The van der Waals surface area contributed by atoms with Gasteiger partial charge in [-0.25, -0.2) is 13.8 Å². The molecule has 1 aromatic rings. The molecule has 6 heteroatoms. The quantitative estimate of drug-likeness (QED) is 0.589. The molecule has 0 N–H and O–H groups in total. The van der Waals surface area contributed by atoms with Crippen molar-refractivity contribution in [2.45, 2.75) is 11.8 Å². The summed E-state index contributed by atoms with van der Waals surface area (Å²) in [7, 11) is 0. The van der Waals surface area contributed by atoms with Crippen LogP contribution in [-0.4, -0.2) is 4.98 Å². The van der Waals surface area contributed by atoms with Crippen LogP contribution in [0.1, 0.15) is 23.2 Å². The molecule has 2 nitrogen and oxygen atoms in total. The van der Waals surface area contributed by atoms with Crippen LogP contribution in [0.2, 0.25) is 0 Å². The van der Waals surface area contributed by atoms with Gasteiger partial charge >= 0.3 is 0 Å². The van der Waals surface area contributed by atoms with Gasteiger partial charge in [-0.1, -0.05) is 15.9 Å². The highest BCUT2D eigenvalue weighted by atomic mass is 127. The molecule has 0 saturated carbocycles. The molecule has 0 bridgehead atoms. The lowest BCUT2D eigenvalue weighted by atomic mass is 10.1. The van der Waals surface area contributed by atoms with Crippen molar-refractivity contribution in [3.05, 3.63) is 26.6 Å². The number of hydrogen-bond donors (Lipinski definition) is 0. The Balaban J connectivity index is 3.41. The standard InChI is InChI=1S/C8H4BrF2IN2/c9-1-4-3-14-5(2-13)6(7(4)12)8(10)11/h3,8H,1H2. The van der Waals surface area contributed by atoms with Crippen LogP contribution in [0.15, 0.2) is 6.20 Å². The highest BCUT2D eigenvalue weighted by Crippen LogP contribution is 2.29. The van der Waals surface area contributed by atoms with E-state index in [9.17, 15) is 8.78 Å². The minimum atomic E-state index is -2.66. The lowest BCUT2D eigenvalue weighted by Crippen LogP contribution is -2.01. The summed E-state index contributed by atoms with van der Waals surface area (Å²) < 4.78 is 25.6. The lowest BCUT2D eigenvalue weighted by Gasteiger charge is -2.07. The first-order chi connectivity index (χ1) is 6.61. The molecule has 0 aliphatic heterocycles. The van der Waals surface area contributed by atoms with Crippen LogP contribution in [-0.2, 0) is 5.33 Å². The highest BCUT2D eigenvalue weighted by Gasteiger charge is 2.20. The number of nitriles is 1. The molecule has 0 atom stereocenters. The van der Waals surface area contributed by atoms with Crippen LogP contribution in [0.3, 0.4) is 0 Å². The maximum Gasteiger partial charge on any atom is 0.267 e. The van der Waals surface area contributed by atoms with Crippen LogP contribution >= 0.6 is 38.5 Å². The second-order valence-corrected chi connectivity index (χ2v) is 4.05. The van der Waals surface area contributed by atoms with Crippen molar-refractivity contribution in [3.8, 4) is 6.07 Å². The topological polar surface area (TPSA) is 36.7 Å². The Morgan fingerprint density at radius 2 is 2.29 bits per heavy atom. The second-order valence-electron chi connectivity index (χ2n) is 2.41. The van der Waals surface area contributed by atoms with E-state index in [1.807, 2.05) is 0 Å². The Morgan fingerprint density at radius 3 is 2.71 bits per heavy atom. The Bertz CT molecular complexity index is 390. The molecular weight excluding hydrogens is 369 g/mol. The molecule has 1 aromatic heterocycles. The molecular formula is C8H4BrF2IN2. The first-order valence-corrected chi connectivity index (χ1v) is 5.73. The second kappa shape index (κ2) is 4.98. The van der Waals surface area contributed by atoms with E-state index in [0.29, 0.717) is 14.5 Å². The van der Waals surface area contributed by atoms with E-state index < -0.39 is 6.43 Å². The van der Waals surface area contributed by atoms with Gasteiger partial charge in [0.2, 0.25) is 0 Å². The fourth-order valence-electron chi connectivity index (χ4n) is 0.927. The average molecular weight is 373 g/mol. The van der Waals surface area contributed by atoms with Gasteiger partial charge in [-0.2, -0.15) is 5.26 Å². The number of alkyl halides is 3. The zero-order chi connectivity index (χ0) is 10.7. The number of hydrogen-bond acceptors (Lipinski definition) is 2. The molecule has 0 saturated heterocycles. The molecule has 0 aromatic carbocycles. The highest BCUT2D eigenvalue weighted by molar-refractivity contribution is 14.1. The van der Waals surface area contributed by atoms with Gasteiger partial charge in [-0.3, -0.25) is 0 Å². The summed E-state index contributed by atoms with van der Waals surface area (Å²) in [5.41, 5.74) is 0.194. The smallest absolute Gasteiger partial charge is 0.245 e. The number of rotatable bonds is 2. The predicted molar refractivity (Wildman–Crippen MR) is 59.3 cm³/mol. The Labute approximate surface area is 102 Å². The van der Waals surface area contributed by atoms with Gasteiger partial charge in [0.05, 0.1) is 5.56 Å². The Morgan fingerprint density at radius 1 is 1.64 bits per heavy atom. The van der Waals surface area contributed by atoms with Crippen LogP contribution in [0, 0.1) is 14.9 Å². The summed E-state index contributed by atoms with van der Waals surface area (Å²) in [4.78, 5) is 3.67. The lowest BCUT2D eigenvalue weighted by molar-refractivity contribution is 0.149. The van der Waals surface area contributed by atoms with E-state index in [4.69, 9.17) is 5.26 Å². The minimum Gasteiger partial charge on any atom is -0.245 e. The SMILES string of the molecule is N#Cc1ncc(CBr)c(I)c1C(F)F. The third kappa shape index (κ3) is 2.20. The summed E-state index contributed by atoms with van der Waals surface area (Å²) in [6.07, 6.45) is -1.23. The van der Waals surface area contributed by atoms with Gasteiger partial charge in [0.15, 0.2) is 0 Å². The third-order valence-corrected chi connectivity index (χ3v) is 3.47. The van der Waals surface area contributed by atoms with E-state index in [0.717, 1.165) is 0 Å². The number of aromatic nitrogens is 1. The molecule has 0 spiro atoms. The molecule has 0 radical (unpaired) electrons. The van der Waals surface area contributed by atoms with Gasteiger partial charge in [0.25, 0.3) is 6.43 Å². The molecule has 1 heterocycles. The van der Waals surface area contributed by atoms with Gasteiger partial charge < -0.3 is 0 Å². The largest absolute Gasteiger partial charge is 0.267 e. The van der Waals surface area contributed by atoms with Crippen molar-refractivity contribution >= 4 is 38.5 Å². The van der Waals surface area contributed by atoms with Crippen LogP contribution in [0.5, 0.6) is 0 Å². The predicted octanol–water partition coefficient (Wildman–Crippen LogP) is 3.39.